The summed E-state index contributed by atoms with van der Waals surface area (Å²) in [5.74, 6) is 1.25. The maximum atomic E-state index is 13.2. The average molecular weight is 395 g/mol. The fourth-order valence-corrected chi connectivity index (χ4v) is 4.31. The van der Waals surface area contributed by atoms with Gasteiger partial charge in [-0.3, -0.25) is 4.79 Å². The second kappa shape index (κ2) is 8.87. The molecule has 29 heavy (non-hydrogen) atoms. The Balaban J connectivity index is 1.34. The Bertz CT molecular complexity index is 797. The van der Waals surface area contributed by atoms with E-state index in [-0.39, 0.29) is 5.91 Å². The van der Waals surface area contributed by atoms with Crippen LogP contribution in [0.3, 0.4) is 0 Å². The first kappa shape index (κ1) is 19.8. The second-order valence-electron chi connectivity index (χ2n) is 8.52. The van der Waals surface area contributed by atoms with Gasteiger partial charge in [-0.05, 0) is 55.5 Å². The number of nitrogens with zero attached hydrogens (tertiary/aromatic N) is 2. The summed E-state index contributed by atoms with van der Waals surface area (Å²) in [5.41, 5.74) is 2.35. The Kier molecular flexibility index (Phi) is 6.05. The van der Waals surface area contributed by atoms with E-state index >= 15 is 0 Å². The number of anilines is 1. The van der Waals surface area contributed by atoms with Crippen LogP contribution in [0.25, 0.3) is 0 Å². The molecule has 4 rings (SSSR count). The fraction of sp³-hybridized carbons (Fsp3) is 0.458. The lowest BCUT2D eigenvalue weighted by atomic mass is 10.1. The van der Waals surface area contributed by atoms with Gasteiger partial charge in [0.1, 0.15) is 5.75 Å². The number of hydrogen-bond acceptors (Lipinski definition) is 3. The zero-order chi connectivity index (χ0) is 20.2. The quantitative estimate of drug-likeness (QED) is 0.754. The molecule has 2 aromatic carbocycles. The van der Waals surface area contributed by atoms with Gasteiger partial charge in [0.2, 0.25) is 0 Å². The van der Waals surface area contributed by atoms with Crippen molar-refractivity contribution in [3.05, 3.63) is 60.2 Å². The van der Waals surface area contributed by atoms with Gasteiger partial charge >= 0.3 is 0 Å². The van der Waals surface area contributed by atoms with Crippen LogP contribution in [0.1, 0.15) is 25.3 Å². The first-order chi connectivity index (χ1) is 14.1. The van der Waals surface area contributed by atoms with Crippen molar-refractivity contribution in [3.63, 3.8) is 0 Å². The molecule has 0 spiro atoms. The first-order valence-electron chi connectivity index (χ1n) is 10.8. The van der Waals surface area contributed by atoms with Gasteiger partial charge in [-0.25, -0.2) is 0 Å². The van der Waals surface area contributed by atoms with E-state index in [0.717, 1.165) is 31.9 Å². The number of nitrogens with one attached hydrogen (secondary N) is 1. The Hall–Kier alpha value is -2.53. The molecule has 2 fully saturated rings. The molecule has 1 saturated heterocycles. The normalized spacial score (nSPS) is 18.4. The molecule has 0 bridgehead atoms. The molecule has 2 aromatic rings. The summed E-state index contributed by atoms with van der Waals surface area (Å²) in [6.45, 7) is 7.30. The van der Waals surface area contributed by atoms with Gasteiger partial charge in [-0.2, -0.15) is 0 Å². The zero-order valence-corrected chi connectivity index (χ0v) is 17.3. The second-order valence-corrected chi connectivity index (χ2v) is 8.52. The molecule has 5 nitrogen and oxygen atoms in total. The minimum absolute atomic E-state index is 0.279. The van der Waals surface area contributed by atoms with Crippen LogP contribution in [0.15, 0.2) is 54.6 Å². The van der Waals surface area contributed by atoms with E-state index in [1.165, 1.54) is 23.3 Å². The van der Waals surface area contributed by atoms with Crippen molar-refractivity contribution in [1.29, 1.82) is 0 Å². The standard InChI is InChI=1S/C24H31N3O2/c1-19(21-7-8-21)27(17-20-5-3-2-4-6-20)24(29)18-25-13-15-26(16-14-25)22-9-11-23(28)12-10-22/h2-6,9-12,19,21,28H,7-8,13-18H2,1H3/p+1/t19-/m0/s1. The van der Waals surface area contributed by atoms with Gasteiger partial charge in [0, 0.05) is 18.3 Å². The lowest BCUT2D eigenvalue weighted by Crippen LogP contribution is -3.16. The highest BCUT2D eigenvalue weighted by Crippen LogP contribution is 2.35. The highest BCUT2D eigenvalue weighted by Gasteiger charge is 2.35. The van der Waals surface area contributed by atoms with E-state index in [1.807, 2.05) is 30.3 Å². The number of amides is 1. The van der Waals surface area contributed by atoms with Crippen LogP contribution in [0, 0.1) is 5.92 Å². The third-order valence-corrected chi connectivity index (χ3v) is 6.40. The minimum Gasteiger partial charge on any atom is -0.508 e. The van der Waals surface area contributed by atoms with Crippen molar-refractivity contribution in [2.24, 2.45) is 5.92 Å². The topological polar surface area (TPSA) is 48.2 Å². The monoisotopic (exact) mass is 394 g/mol. The van der Waals surface area contributed by atoms with Crippen LogP contribution in [0.5, 0.6) is 5.75 Å². The molecule has 1 aliphatic heterocycles. The van der Waals surface area contributed by atoms with Crippen LogP contribution in [-0.2, 0) is 11.3 Å². The highest BCUT2D eigenvalue weighted by molar-refractivity contribution is 5.77. The third kappa shape index (κ3) is 5.10. The maximum Gasteiger partial charge on any atom is 0.278 e. The SMILES string of the molecule is C[C@@H](C1CC1)N(Cc1ccccc1)C(=O)C[NH+]1CCN(c2ccc(O)cc2)CC1. The van der Waals surface area contributed by atoms with E-state index in [2.05, 4.69) is 28.9 Å². The number of piperazine rings is 1. The predicted molar refractivity (Wildman–Crippen MR) is 115 cm³/mol. The first-order valence-corrected chi connectivity index (χ1v) is 10.8. The summed E-state index contributed by atoms with van der Waals surface area (Å²) in [4.78, 5) is 19.1. The van der Waals surface area contributed by atoms with Crippen molar-refractivity contribution in [2.45, 2.75) is 32.4 Å². The van der Waals surface area contributed by atoms with Gasteiger partial charge in [0.05, 0.1) is 26.2 Å². The molecule has 0 aromatic heterocycles. The Labute approximate surface area is 173 Å². The molecular weight excluding hydrogens is 362 g/mol. The zero-order valence-electron chi connectivity index (χ0n) is 17.3. The van der Waals surface area contributed by atoms with Gasteiger partial charge in [0.15, 0.2) is 6.54 Å². The molecule has 1 saturated carbocycles. The summed E-state index contributed by atoms with van der Waals surface area (Å²) < 4.78 is 0. The Morgan fingerprint density at radius 3 is 2.38 bits per heavy atom. The molecule has 0 radical (unpaired) electrons. The summed E-state index contributed by atoms with van der Waals surface area (Å²) in [5, 5.41) is 9.48. The van der Waals surface area contributed by atoms with Gasteiger partial charge in [0.25, 0.3) is 5.91 Å². The van der Waals surface area contributed by atoms with E-state index in [4.69, 9.17) is 0 Å². The summed E-state index contributed by atoms with van der Waals surface area (Å²) in [7, 11) is 0. The van der Waals surface area contributed by atoms with Crippen molar-refractivity contribution in [1.82, 2.24) is 4.90 Å². The number of rotatable bonds is 7. The van der Waals surface area contributed by atoms with Gasteiger partial charge in [-0.1, -0.05) is 30.3 Å². The molecule has 2 N–H and O–H groups in total. The van der Waals surface area contributed by atoms with E-state index in [0.29, 0.717) is 30.8 Å². The van der Waals surface area contributed by atoms with Crippen LogP contribution < -0.4 is 9.80 Å². The minimum atomic E-state index is 0.279. The van der Waals surface area contributed by atoms with E-state index < -0.39 is 0 Å². The summed E-state index contributed by atoms with van der Waals surface area (Å²) >= 11 is 0. The molecule has 0 unspecified atom stereocenters. The maximum absolute atomic E-state index is 13.2. The number of hydrogen-bond donors (Lipinski definition) is 2. The molecular formula is C24H32N3O2+. The third-order valence-electron chi connectivity index (χ3n) is 6.40. The lowest BCUT2D eigenvalue weighted by molar-refractivity contribution is -0.892. The van der Waals surface area contributed by atoms with Crippen LogP contribution >= 0.6 is 0 Å². The van der Waals surface area contributed by atoms with E-state index in [1.54, 1.807) is 12.1 Å². The van der Waals surface area contributed by atoms with Crippen molar-refractivity contribution >= 4 is 11.6 Å². The number of phenols is 1. The number of quaternary nitrogens is 1. The van der Waals surface area contributed by atoms with Gasteiger partial charge < -0.3 is 19.8 Å². The number of benzene rings is 2. The van der Waals surface area contributed by atoms with Crippen molar-refractivity contribution in [3.8, 4) is 5.75 Å². The Morgan fingerprint density at radius 1 is 1.10 bits per heavy atom. The van der Waals surface area contributed by atoms with E-state index in [9.17, 15) is 9.90 Å². The molecule has 154 valence electrons. The predicted octanol–water partition coefficient (Wildman–Crippen LogP) is 1.92. The molecule has 1 heterocycles. The molecule has 1 amide bonds. The van der Waals surface area contributed by atoms with Crippen molar-refractivity contribution in [2.75, 3.05) is 37.6 Å². The largest absolute Gasteiger partial charge is 0.508 e. The smallest absolute Gasteiger partial charge is 0.278 e. The van der Waals surface area contributed by atoms with Crippen LogP contribution in [-0.4, -0.2) is 54.7 Å². The molecule has 5 heteroatoms. The van der Waals surface area contributed by atoms with Crippen molar-refractivity contribution < 1.29 is 14.8 Å². The number of aromatic hydroxyl groups is 1. The summed E-state index contributed by atoms with van der Waals surface area (Å²) in [6, 6.07) is 18.1. The number of phenolic OH excluding ortho intramolecular Hbond substituents is 1. The fourth-order valence-electron chi connectivity index (χ4n) is 4.31. The lowest BCUT2D eigenvalue weighted by Gasteiger charge is -2.35. The van der Waals surface area contributed by atoms with Crippen LogP contribution in [0.2, 0.25) is 0 Å². The highest BCUT2D eigenvalue weighted by atomic mass is 16.3. The van der Waals surface area contributed by atoms with Gasteiger partial charge in [-0.15, -0.1) is 0 Å². The average Bonchev–Trinajstić information content (AvgIpc) is 3.59. The molecule has 2 aliphatic rings. The molecule has 1 aliphatic carbocycles. The number of carbonyl (C=O) groups excluding carboxylic acids is 1. The summed E-state index contributed by atoms with van der Waals surface area (Å²) in [6.07, 6.45) is 2.50. The number of carbonyl (C=O) groups is 1. The molecule has 1 atom stereocenters. The van der Waals surface area contributed by atoms with Crippen LogP contribution in [0.4, 0.5) is 5.69 Å². The Morgan fingerprint density at radius 2 is 1.76 bits per heavy atom.